The molecule has 1 heterocycles. The molecule has 2 heteroatoms. The lowest BCUT2D eigenvalue weighted by atomic mass is 9.89. The molecule has 22 heavy (non-hydrogen) atoms. The van der Waals surface area contributed by atoms with Gasteiger partial charge in [0, 0.05) is 0 Å². The largest absolute Gasteiger partial charge is 0.392 e. The lowest BCUT2D eigenvalue weighted by Crippen LogP contribution is -2.10. The van der Waals surface area contributed by atoms with Crippen molar-refractivity contribution in [3.8, 4) is 0 Å². The summed E-state index contributed by atoms with van der Waals surface area (Å²) < 4.78 is 5.92. The molecule has 0 aromatic carbocycles. The molecule has 0 aromatic rings. The lowest BCUT2D eigenvalue weighted by Gasteiger charge is -2.17. The van der Waals surface area contributed by atoms with Gasteiger partial charge in [0.1, 0.15) is 0 Å². The van der Waals surface area contributed by atoms with E-state index in [1.54, 1.807) is 0 Å². The summed E-state index contributed by atoms with van der Waals surface area (Å²) in [5.41, 5.74) is 3.97. The van der Waals surface area contributed by atoms with Gasteiger partial charge in [-0.2, -0.15) is 0 Å². The van der Waals surface area contributed by atoms with Crippen LogP contribution in [0.4, 0.5) is 0 Å². The first-order valence-electron chi connectivity index (χ1n) is 8.72. The van der Waals surface area contributed by atoms with Crippen LogP contribution in [0.25, 0.3) is 0 Å². The molecule has 0 amide bonds. The summed E-state index contributed by atoms with van der Waals surface area (Å²) in [5, 5.41) is 9.59. The van der Waals surface area contributed by atoms with Gasteiger partial charge in [-0.05, 0) is 77.2 Å². The molecule has 1 fully saturated rings. The average Bonchev–Trinajstić information content (AvgIpc) is 3.11. The molecule has 0 radical (unpaired) electrons. The van der Waals surface area contributed by atoms with Crippen molar-refractivity contribution in [2.75, 3.05) is 6.61 Å². The molecule has 2 rings (SSSR count). The quantitative estimate of drug-likeness (QED) is 0.578. The highest BCUT2D eigenvalue weighted by molar-refractivity contribution is 5.11. The van der Waals surface area contributed by atoms with Gasteiger partial charge in [-0.1, -0.05) is 29.9 Å². The Kier molecular flexibility index (Phi) is 6.05. The number of epoxide rings is 1. The minimum atomic E-state index is 0.0711. The smallest absolute Gasteiger partial charge is 0.0923 e. The summed E-state index contributed by atoms with van der Waals surface area (Å²) >= 11 is 0. The van der Waals surface area contributed by atoms with Gasteiger partial charge in [0.25, 0.3) is 0 Å². The van der Waals surface area contributed by atoms with Crippen LogP contribution in [0.3, 0.4) is 0 Å². The van der Waals surface area contributed by atoms with Crippen molar-refractivity contribution in [2.45, 2.75) is 77.4 Å². The topological polar surface area (TPSA) is 32.8 Å². The zero-order chi connectivity index (χ0) is 16.2. The Morgan fingerprint density at radius 2 is 2.14 bits per heavy atom. The van der Waals surface area contributed by atoms with Crippen molar-refractivity contribution in [1.29, 1.82) is 0 Å². The van der Waals surface area contributed by atoms with Crippen molar-refractivity contribution in [3.05, 3.63) is 35.5 Å². The highest BCUT2D eigenvalue weighted by atomic mass is 16.6. The fourth-order valence-corrected chi connectivity index (χ4v) is 3.42. The third-order valence-corrected chi connectivity index (χ3v) is 5.37. The van der Waals surface area contributed by atoms with Gasteiger partial charge in [0.05, 0.1) is 18.3 Å². The molecule has 1 aliphatic carbocycles. The van der Waals surface area contributed by atoms with E-state index in [1.807, 2.05) is 0 Å². The average molecular weight is 304 g/mol. The normalized spacial score (nSPS) is 34.0. The van der Waals surface area contributed by atoms with E-state index in [4.69, 9.17) is 4.74 Å². The Balaban J connectivity index is 2.07. The molecular formula is C20H32O2. The zero-order valence-corrected chi connectivity index (χ0v) is 14.5. The summed E-state index contributed by atoms with van der Waals surface area (Å²) in [7, 11) is 0. The van der Waals surface area contributed by atoms with Gasteiger partial charge < -0.3 is 9.84 Å². The second-order valence-electron chi connectivity index (χ2n) is 7.39. The molecule has 124 valence electrons. The second-order valence-corrected chi connectivity index (χ2v) is 7.39. The van der Waals surface area contributed by atoms with Crippen molar-refractivity contribution in [1.82, 2.24) is 0 Å². The lowest BCUT2D eigenvalue weighted by molar-refractivity contribution is 0.293. The Hall–Kier alpha value is -0.860. The summed E-state index contributed by atoms with van der Waals surface area (Å²) in [4.78, 5) is 0. The number of aliphatic hydroxyl groups is 1. The van der Waals surface area contributed by atoms with Gasteiger partial charge in [-0.25, -0.2) is 0 Å². The fourth-order valence-electron chi connectivity index (χ4n) is 3.42. The van der Waals surface area contributed by atoms with Gasteiger partial charge in [-0.3, -0.25) is 0 Å². The molecule has 2 nitrogen and oxygen atoms in total. The Bertz CT molecular complexity index is 460. The van der Waals surface area contributed by atoms with Crippen LogP contribution < -0.4 is 0 Å². The first-order chi connectivity index (χ1) is 10.4. The molecule has 0 spiro atoms. The first-order valence-corrected chi connectivity index (χ1v) is 8.72. The van der Waals surface area contributed by atoms with E-state index >= 15 is 0 Å². The van der Waals surface area contributed by atoms with E-state index in [1.165, 1.54) is 11.1 Å². The Labute approximate surface area is 136 Å². The Morgan fingerprint density at radius 1 is 1.36 bits per heavy atom. The van der Waals surface area contributed by atoms with E-state index in [9.17, 15) is 5.11 Å². The SMILES string of the molecule is C=C(C)C1CC=C(CO)CCC2OC2(C)CCC=C(C)CC1. The van der Waals surface area contributed by atoms with Crippen LogP contribution >= 0.6 is 0 Å². The molecule has 1 aliphatic heterocycles. The standard InChI is InChI=1S/C20H32O2/c1-15(2)18-10-7-16(3)6-5-13-20(4)19(22-20)12-9-17(14-21)8-11-18/h6,8,18-19,21H,1,5,7,9-14H2,2-4H3. The molecule has 3 atom stereocenters. The van der Waals surface area contributed by atoms with Crippen LogP contribution in [0, 0.1) is 5.92 Å². The minimum Gasteiger partial charge on any atom is -0.392 e. The Morgan fingerprint density at radius 3 is 2.82 bits per heavy atom. The predicted octanol–water partition coefficient (Wildman–Crippen LogP) is 4.95. The van der Waals surface area contributed by atoms with Crippen LogP contribution in [-0.4, -0.2) is 23.4 Å². The number of ether oxygens (including phenoxy) is 1. The maximum absolute atomic E-state index is 9.59. The third-order valence-electron chi connectivity index (χ3n) is 5.37. The molecule has 1 saturated heterocycles. The van der Waals surface area contributed by atoms with Gasteiger partial charge >= 0.3 is 0 Å². The van der Waals surface area contributed by atoms with E-state index in [0.29, 0.717) is 12.0 Å². The van der Waals surface area contributed by atoms with Crippen LogP contribution in [0.2, 0.25) is 0 Å². The number of hydrogen-bond acceptors (Lipinski definition) is 2. The van der Waals surface area contributed by atoms with E-state index < -0.39 is 0 Å². The summed E-state index contributed by atoms with van der Waals surface area (Å²) in [6.07, 6.45) is 12.5. The molecule has 0 bridgehead atoms. The van der Waals surface area contributed by atoms with Gasteiger partial charge in [0.2, 0.25) is 0 Å². The molecular weight excluding hydrogens is 272 g/mol. The van der Waals surface area contributed by atoms with E-state index in [-0.39, 0.29) is 12.2 Å². The zero-order valence-electron chi connectivity index (χ0n) is 14.5. The highest BCUT2D eigenvalue weighted by Gasteiger charge is 2.50. The molecule has 0 saturated carbocycles. The monoisotopic (exact) mass is 304 g/mol. The molecule has 1 N–H and O–H groups in total. The number of hydrogen-bond donors (Lipinski definition) is 1. The number of allylic oxidation sites excluding steroid dienone is 4. The maximum Gasteiger partial charge on any atom is 0.0923 e. The third kappa shape index (κ3) is 4.82. The van der Waals surface area contributed by atoms with E-state index in [0.717, 1.165) is 50.5 Å². The molecule has 3 unspecified atom stereocenters. The number of fused-ring (bicyclic) bond motifs is 1. The minimum absolute atomic E-state index is 0.0711. The van der Waals surface area contributed by atoms with Crippen molar-refractivity contribution < 1.29 is 9.84 Å². The van der Waals surface area contributed by atoms with E-state index in [2.05, 4.69) is 39.5 Å². The molecule has 2 aliphatic rings. The summed E-state index contributed by atoms with van der Waals surface area (Å²) in [6, 6.07) is 0. The molecule has 0 aromatic heterocycles. The highest BCUT2D eigenvalue weighted by Crippen LogP contribution is 2.43. The fraction of sp³-hybridized carbons (Fsp3) is 0.700. The first kappa shape index (κ1) is 17.5. The second kappa shape index (κ2) is 7.61. The maximum atomic E-state index is 9.59. The van der Waals surface area contributed by atoms with Crippen molar-refractivity contribution >= 4 is 0 Å². The van der Waals surface area contributed by atoms with Crippen LogP contribution in [0.15, 0.2) is 35.5 Å². The van der Waals surface area contributed by atoms with Crippen molar-refractivity contribution in [2.24, 2.45) is 5.92 Å². The van der Waals surface area contributed by atoms with Crippen LogP contribution in [-0.2, 0) is 4.74 Å². The number of aliphatic hydroxyl groups excluding tert-OH is 1. The van der Waals surface area contributed by atoms with Gasteiger partial charge in [0.15, 0.2) is 0 Å². The van der Waals surface area contributed by atoms with Crippen LogP contribution in [0.1, 0.15) is 65.7 Å². The predicted molar refractivity (Wildman–Crippen MR) is 92.8 cm³/mol. The number of rotatable bonds is 2. The van der Waals surface area contributed by atoms with Crippen LogP contribution in [0.5, 0.6) is 0 Å². The summed E-state index contributed by atoms with van der Waals surface area (Å²) in [5.74, 6) is 0.523. The summed E-state index contributed by atoms with van der Waals surface area (Å²) in [6.45, 7) is 10.9. The van der Waals surface area contributed by atoms with Crippen molar-refractivity contribution in [3.63, 3.8) is 0 Å². The van der Waals surface area contributed by atoms with Gasteiger partial charge in [-0.15, -0.1) is 0 Å².